The van der Waals surface area contributed by atoms with E-state index < -0.39 is 0 Å². The Morgan fingerprint density at radius 1 is 1.25 bits per heavy atom. The molecule has 0 aromatic rings. The molecule has 0 radical (unpaired) electrons. The molecular weight excluding hydrogens is 325 g/mol. The van der Waals surface area contributed by atoms with Gasteiger partial charge in [-0.25, -0.2) is 0 Å². The average molecular weight is 345 g/mol. The fourth-order valence-electron chi connectivity index (χ4n) is 0.877. The van der Waals surface area contributed by atoms with Crippen molar-refractivity contribution in [2.45, 2.75) is 6.42 Å². The number of esters is 1. The second kappa shape index (κ2) is 12.5. The molecule has 0 aliphatic rings. The molecule has 0 aromatic carbocycles. The van der Waals surface area contributed by atoms with Gasteiger partial charge in [-0.1, -0.05) is 0 Å². The number of hydrogen-bond acceptors (Lipinski definition) is 4. The van der Waals surface area contributed by atoms with Crippen LogP contribution >= 0.6 is 24.0 Å². The van der Waals surface area contributed by atoms with Crippen LogP contribution in [0.4, 0.5) is 0 Å². The number of aliphatic imine (C=N–C) groups is 1. The predicted octanol–water partition coefficient (Wildman–Crippen LogP) is -0.0211. The van der Waals surface area contributed by atoms with Crippen LogP contribution < -0.4 is 10.6 Å². The monoisotopic (exact) mass is 345 g/mol. The third kappa shape index (κ3) is 9.97. The maximum absolute atomic E-state index is 10.8. The van der Waals surface area contributed by atoms with Gasteiger partial charge in [-0.3, -0.25) is 9.79 Å². The zero-order chi connectivity index (χ0) is 11.5. The van der Waals surface area contributed by atoms with Gasteiger partial charge in [-0.2, -0.15) is 0 Å². The molecule has 0 bridgehead atoms. The van der Waals surface area contributed by atoms with Crippen LogP contribution in [0.2, 0.25) is 0 Å². The minimum atomic E-state index is -0.241. The highest BCUT2D eigenvalue weighted by atomic mass is 127. The number of rotatable bonds is 6. The Morgan fingerprint density at radius 3 is 2.38 bits per heavy atom. The number of ether oxygens (including phenoxy) is 2. The van der Waals surface area contributed by atoms with E-state index in [1.807, 2.05) is 0 Å². The van der Waals surface area contributed by atoms with E-state index in [-0.39, 0.29) is 29.9 Å². The van der Waals surface area contributed by atoms with Crippen molar-refractivity contribution in [2.24, 2.45) is 4.99 Å². The summed E-state index contributed by atoms with van der Waals surface area (Å²) in [5, 5.41) is 6.00. The van der Waals surface area contributed by atoms with Crippen LogP contribution in [0.25, 0.3) is 0 Å². The molecule has 2 N–H and O–H groups in total. The number of nitrogens with one attached hydrogen (secondary N) is 2. The van der Waals surface area contributed by atoms with Crippen molar-refractivity contribution in [3.8, 4) is 0 Å². The second-order valence-corrected chi connectivity index (χ2v) is 2.74. The van der Waals surface area contributed by atoms with E-state index >= 15 is 0 Å². The number of halogens is 1. The van der Waals surface area contributed by atoms with Crippen LogP contribution in [0.1, 0.15) is 6.42 Å². The molecule has 96 valence electrons. The summed E-state index contributed by atoms with van der Waals surface area (Å²) in [6, 6.07) is 0. The highest BCUT2D eigenvalue weighted by Crippen LogP contribution is 1.81. The predicted molar refractivity (Wildman–Crippen MR) is 73.3 cm³/mol. The Labute approximate surface area is 113 Å². The maximum Gasteiger partial charge on any atom is 0.307 e. The van der Waals surface area contributed by atoms with E-state index in [0.717, 1.165) is 0 Å². The molecule has 0 atom stereocenters. The summed E-state index contributed by atoms with van der Waals surface area (Å²) < 4.78 is 9.38. The average Bonchev–Trinajstić information content (AvgIpc) is 2.26. The Morgan fingerprint density at radius 2 is 1.88 bits per heavy atom. The lowest BCUT2D eigenvalue weighted by atomic mass is 10.4. The minimum absolute atomic E-state index is 0. The summed E-state index contributed by atoms with van der Waals surface area (Å²) in [7, 11) is 4.67. The SMILES string of the molecule is CN=C(NCCOC)NCCC(=O)OC.I. The number of guanidine groups is 1. The van der Waals surface area contributed by atoms with Gasteiger partial charge in [0.05, 0.1) is 20.1 Å². The molecule has 0 spiro atoms. The number of nitrogens with zero attached hydrogens (tertiary/aromatic N) is 1. The van der Waals surface area contributed by atoms with Crippen LogP contribution in [-0.2, 0) is 14.3 Å². The van der Waals surface area contributed by atoms with Gasteiger partial charge in [-0.15, -0.1) is 24.0 Å². The minimum Gasteiger partial charge on any atom is -0.469 e. The van der Waals surface area contributed by atoms with Crippen LogP contribution in [-0.4, -0.2) is 52.9 Å². The Kier molecular flexibility index (Phi) is 13.9. The zero-order valence-corrected chi connectivity index (χ0v) is 12.2. The van der Waals surface area contributed by atoms with Crippen LogP contribution in [0.15, 0.2) is 4.99 Å². The van der Waals surface area contributed by atoms with Gasteiger partial charge in [0.25, 0.3) is 0 Å². The molecule has 0 rings (SSSR count). The van der Waals surface area contributed by atoms with Crippen LogP contribution in [0, 0.1) is 0 Å². The summed E-state index contributed by atoms with van der Waals surface area (Å²) >= 11 is 0. The molecule has 0 fully saturated rings. The fourth-order valence-corrected chi connectivity index (χ4v) is 0.877. The smallest absolute Gasteiger partial charge is 0.307 e. The van der Waals surface area contributed by atoms with Crippen LogP contribution in [0.5, 0.6) is 0 Å². The van der Waals surface area contributed by atoms with Crippen molar-refractivity contribution >= 4 is 35.9 Å². The summed E-state index contributed by atoms with van der Waals surface area (Å²) in [4.78, 5) is 14.8. The first-order chi connectivity index (χ1) is 7.24. The van der Waals surface area contributed by atoms with Gasteiger partial charge in [-0.05, 0) is 0 Å². The molecule has 0 aliphatic heterocycles. The highest BCUT2D eigenvalue weighted by Gasteiger charge is 2.00. The molecule has 0 saturated heterocycles. The van der Waals surface area contributed by atoms with Gasteiger partial charge in [0.2, 0.25) is 0 Å². The molecule has 16 heavy (non-hydrogen) atoms. The fraction of sp³-hybridized carbons (Fsp3) is 0.778. The van der Waals surface area contributed by atoms with Crippen molar-refractivity contribution in [3.63, 3.8) is 0 Å². The quantitative estimate of drug-likeness (QED) is 0.233. The molecule has 7 heteroatoms. The molecule has 0 heterocycles. The van der Waals surface area contributed by atoms with E-state index in [9.17, 15) is 4.79 Å². The maximum atomic E-state index is 10.8. The lowest BCUT2D eigenvalue weighted by Gasteiger charge is -2.10. The van der Waals surface area contributed by atoms with Gasteiger partial charge in [0.15, 0.2) is 5.96 Å². The molecule has 0 unspecified atom stereocenters. The van der Waals surface area contributed by atoms with Gasteiger partial charge in [0, 0.05) is 27.2 Å². The molecule has 6 nitrogen and oxygen atoms in total. The third-order valence-corrected chi connectivity index (χ3v) is 1.67. The first kappa shape index (κ1) is 17.8. The van der Waals surface area contributed by atoms with Crippen molar-refractivity contribution in [1.29, 1.82) is 0 Å². The Hall–Kier alpha value is -0.570. The summed E-state index contributed by atoms with van der Waals surface area (Å²) in [6.45, 7) is 1.78. The lowest BCUT2D eigenvalue weighted by molar-refractivity contribution is -0.140. The number of hydrogen-bond donors (Lipinski definition) is 2. The van der Waals surface area contributed by atoms with Crippen molar-refractivity contribution < 1.29 is 14.3 Å². The Bertz CT molecular complexity index is 212. The van der Waals surface area contributed by atoms with Crippen LogP contribution in [0.3, 0.4) is 0 Å². The standard InChI is InChI=1S/C9H19N3O3.HI/c1-10-9(12-6-7-14-2)11-5-4-8(13)15-3;/h4-7H2,1-3H3,(H2,10,11,12);1H. The van der Waals surface area contributed by atoms with Gasteiger partial charge in [0.1, 0.15) is 0 Å². The van der Waals surface area contributed by atoms with Gasteiger partial charge < -0.3 is 20.1 Å². The van der Waals surface area contributed by atoms with Gasteiger partial charge >= 0.3 is 5.97 Å². The first-order valence-electron chi connectivity index (χ1n) is 4.74. The van der Waals surface area contributed by atoms with E-state index in [1.165, 1.54) is 7.11 Å². The lowest BCUT2D eigenvalue weighted by Crippen LogP contribution is -2.39. The highest BCUT2D eigenvalue weighted by molar-refractivity contribution is 14.0. The molecule has 0 saturated carbocycles. The molecule has 0 amide bonds. The second-order valence-electron chi connectivity index (χ2n) is 2.74. The van der Waals surface area contributed by atoms with Crippen molar-refractivity contribution in [3.05, 3.63) is 0 Å². The third-order valence-electron chi connectivity index (χ3n) is 1.67. The topological polar surface area (TPSA) is 72.0 Å². The van der Waals surface area contributed by atoms with E-state index in [2.05, 4.69) is 20.4 Å². The van der Waals surface area contributed by atoms with E-state index in [0.29, 0.717) is 32.1 Å². The summed E-state index contributed by atoms with van der Waals surface area (Å²) in [5.41, 5.74) is 0. The normalized spacial score (nSPS) is 10.3. The zero-order valence-electron chi connectivity index (χ0n) is 9.91. The van der Waals surface area contributed by atoms with Crippen molar-refractivity contribution in [1.82, 2.24) is 10.6 Å². The summed E-state index contributed by atoms with van der Waals surface area (Å²) in [5.74, 6) is 0.408. The first-order valence-corrected chi connectivity index (χ1v) is 4.74. The molecular formula is C9H20IN3O3. The largest absolute Gasteiger partial charge is 0.469 e. The van der Waals surface area contributed by atoms with E-state index in [1.54, 1.807) is 14.2 Å². The van der Waals surface area contributed by atoms with Crippen molar-refractivity contribution in [2.75, 3.05) is 41.0 Å². The van der Waals surface area contributed by atoms with E-state index in [4.69, 9.17) is 4.74 Å². The summed E-state index contributed by atoms with van der Waals surface area (Å²) in [6.07, 6.45) is 0.321. The Balaban J connectivity index is 0. The number of carbonyl (C=O) groups excluding carboxylic acids is 1. The molecule has 0 aromatic heterocycles. The molecule has 0 aliphatic carbocycles. The number of methoxy groups -OCH3 is 2. The number of carbonyl (C=O) groups is 1.